The van der Waals surface area contributed by atoms with Crippen LogP contribution in [0.3, 0.4) is 0 Å². The van der Waals surface area contributed by atoms with Crippen molar-refractivity contribution in [3.63, 3.8) is 0 Å². The van der Waals surface area contributed by atoms with Gasteiger partial charge in [-0.15, -0.1) is 0 Å². The predicted molar refractivity (Wildman–Crippen MR) is 118 cm³/mol. The lowest BCUT2D eigenvalue weighted by Crippen LogP contribution is -2.30. The number of para-hydroxylation sites is 2. The Balaban J connectivity index is 1.72. The van der Waals surface area contributed by atoms with Crippen LogP contribution in [0.2, 0.25) is 0 Å². The van der Waals surface area contributed by atoms with Crippen molar-refractivity contribution < 1.29 is 4.42 Å². The Hall–Kier alpha value is -3.53. The number of hydrogen-bond donors (Lipinski definition) is 0. The second-order valence-electron chi connectivity index (χ2n) is 6.96. The Labute approximate surface area is 170 Å². The van der Waals surface area contributed by atoms with Gasteiger partial charge in [0.25, 0.3) is 5.56 Å². The fraction of sp³-hybridized carbons (Fsp3) is 0.160. The van der Waals surface area contributed by atoms with Gasteiger partial charge in [-0.2, -0.15) is 0 Å². The van der Waals surface area contributed by atoms with Gasteiger partial charge in [-0.1, -0.05) is 42.5 Å². The summed E-state index contributed by atoms with van der Waals surface area (Å²) in [4.78, 5) is 14.7. The molecule has 0 fully saturated rings. The summed E-state index contributed by atoms with van der Waals surface area (Å²) in [7, 11) is 0. The van der Waals surface area contributed by atoms with Gasteiger partial charge in [0.15, 0.2) is 11.0 Å². The molecule has 0 radical (unpaired) electrons. The highest BCUT2D eigenvalue weighted by Gasteiger charge is 2.16. The summed E-state index contributed by atoms with van der Waals surface area (Å²) < 4.78 is 7.11. The Morgan fingerprint density at radius 2 is 1.62 bits per heavy atom. The summed E-state index contributed by atoms with van der Waals surface area (Å²) in [6.45, 7) is 6.27. The monoisotopic (exact) mass is 384 g/mol. The van der Waals surface area contributed by atoms with E-state index in [0.717, 1.165) is 29.8 Å². The smallest absolute Gasteiger partial charge is 0.296 e. The molecule has 0 N–H and O–H groups in total. The lowest BCUT2D eigenvalue weighted by atomic mass is 10.0. The van der Waals surface area contributed by atoms with Crippen LogP contribution in [0, 0.1) is 0 Å². The Bertz CT molecular complexity index is 1180. The van der Waals surface area contributed by atoms with E-state index in [1.807, 2.05) is 25.1 Å². The van der Waals surface area contributed by atoms with Crippen molar-refractivity contribution in [2.45, 2.75) is 26.3 Å². The molecule has 2 aromatic carbocycles. The summed E-state index contributed by atoms with van der Waals surface area (Å²) in [5.41, 5.74) is 5.17. The first-order valence-electron chi connectivity index (χ1n) is 9.87. The fourth-order valence-electron chi connectivity index (χ4n) is 3.64. The highest BCUT2D eigenvalue weighted by molar-refractivity contribution is 5.69. The van der Waals surface area contributed by atoms with Gasteiger partial charge in [0.2, 0.25) is 0 Å². The van der Waals surface area contributed by atoms with Crippen molar-refractivity contribution in [3.05, 3.63) is 105 Å². The Morgan fingerprint density at radius 1 is 1.00 bits per heavy atom. The number of allylic oxidation sites excluding steroid dienone is 4. The molecule has 146 valence electrons. The van der Waals surface area contributed by atoms with Crippen LogP contribution in [0.15, 0.2) is 93.3 Å². The molecular weight excluding hydrogens is 360 g/mol. The highest BCUT2D eigenvalue weighted by Crippen LogP contribution is 2.33. The molecule has 0 saturated carbocycles. The molecule has 4 rings (SSSR count). The molecule has 1 heterocycles. The molecule has 0 atom stereocenters. The van der Waals surface area contributed by atoms with E-state index in [2.05, 4.69) is 72.2 Å². The maximum absolute atomic E-state index is 12.4. The average Bonchev–Trinajstić information content (AvgIpc) is 3.03. The van der Waals surface area contributed by atoms with E-state index in [-0.39, 0.29) is 5.56 Å². The van der Waals surface area contributed by atoms with Crippen LogP contribution < -0.4 is 21.4 Å². The molecular formula is C25H24N2O2. The SMILES string of the molecule is C=c1oc(=CC2=CC=C(N(c3ccccc3)c3ccccc3)CC2)c(=O)n1CC. The van der Waals surface area contributed by atoms with Crippen LogP contribution >= 0.6 is 0 Å². The topological polar surface area (TPSA) is 38.4 Å². The molecule has 29 heavy (non-hydrogen) atoms. The van der Waals surface area contributed by atoms with E-state index in [4.69, 9.17) is 4.42 Å². The van der Waals surface area contributed by atoms with Crippen molar-refractivity contribution >= 4 is 24.0 Å². The molecule has 0 amide bonds. The number of rotatable bonds is 5. The molecule has 1 aliphatic carbocycles. The van der Waals surface area contributed by atoms with E-state index in [0.29, 0.717) is 17.5 Å². The third-order valence-corrected chi connectivity index (χ3v) is 5.09. The number of benzene rings is 2. The van der Waals surface area contributed by atoms with Gasteiger partial charge in [-0.05, 0) is 68.3 Å². The molecule has 1 aromatic heterocycles. The van der Waals surface area contributed by atoms with E-state index in [1.165, 1.54) is 5.70 Å². The van der Waals surface area contributed by atoms with Crippen molar-refractivity contribution in [1.29, 1.82) is 0 Å². The van der Waals surface area contributed by atoms with Gasteiger partial charge >= 0.3 is 0 Å². The van der Waals surface area contributed by atoms with E-state index < -0.39 is 0 Å². The summed E-state index contributed by atoms with van der Waals surface area (Å²) >= 11 is 0. The first-order chi connectivity index (χ1) is 14.2. The van der Waals surface area contributed by atoms with Crippen LogP contribution in [0.25, 0.3) is 12.7 Å². The molecule has 4 heteroatoms. The Morgan fingerprint density at radius 3 is 2.10 bits per heavy atom. The minimum atomic E-state index is -0.122. The lowest BCUT2D eigenvalue weighted by Gasteiger charge is -2.29. The normalized spacial score (nSPS) is 14.4. The highest BCUT2D eigenvalue weighted by atomic mass is 16.4. The number of anilines is 2. The van der Waals surface area contributed by atoms with E-state index in [9.17, 15) is 4.79 Å². The molecule has 1 aliphatic rings. The summed E-state index contributed by atoms with van der Waals surface area (Å²) in [6, 6.07) is 20.7. The first kappa shape index (κ1) is 18.8. The number of oxazole rings is 1. The zero-order valence-electron chi connectivity index (χ0n) is 16.5. The van der Waals surface area contributed by atoms with Crippen molar-refractivity contribution in [2.75, 3.05) is 4.90 Å². The summed E-state index contributed by atoms with van der Waals surface area (Å²) in [5, 5.41) is 0. The van der Waals surface area contributed by atoms with Crippen LogP contribution in [0.4, 0.5) is 11.4 Å². The maximum atomic E-state index is 12.4. The van der Waals surface area contributed by atoms with Gasteiger partial charge in [0.05, 0.1) is 0 Å². The van der Waals surface area contributed by atoms with Gasteiger partial charge in [0, 0.05) is 23.6 Å². The molecule has 0 aliphatic heterocycles. The van der Waals surface area contributed by atoms with Crippen molar-refractivity contribution in [2.24, 2.45) is 0 Å². The van der Waals surface area contributed by atoms with Gasteiger partial charge < -0.3 is 9.32 Å². The quantitative estimate of drug-likeness (QED) is 0.665. The van der Waals surface area contributed by atoms with Crippen molar-refractivity contribution in [3.8, 4) is 0 Å². The number of aromatic nitrogens is 1. The summed E-state index contributed by atoms with van der Waals surface area (Å²) in [5.74, 6) is 0. The second-order valence-corrected chi connectivity index (χ2v) is 6.96. The van der Waals surface area contributed by atoms with E-state index >= 15 is 0 Å². The summed E-state index contributed by atoms with van der Waals surface area (Å²) in [6.07, 6.45) is 7.74. The average molecular weight is 384 g/mol. The molecule has 0 saturated heterocycles. The van der Waals surface area contributed by atoms with Gasteiger partial charge in [-0.3, -0.25) is 9.36 Å². The second kappa shape index (κ2) is 8.23. The fourth-order valence-corrected chi connectivity index (χ4v) is 3.64. The largest absolute Gasteiger partial charge is 0.436 e. The molecule has 0 bridgehead atoms. The standard InChI is InChI=1S/C25H24N2O2/c1-3-26-19(2)29-24(25(26)28)18-20-14-16-23(17-15-20)27(21-10-6-4-7-11-21)22-12-8-5-9-13-22/h4-14,16,18H,2-3,15,17H2,1H3. The molecule has 0 unspecified atom stereocenters. The number of hydrogen-bond acceptors (Lipinski definition) is 3. The third-order valence-electron chi connectivity index (χ3n) is 5.09. The van der Waals surface area contributed by atoms with Gasteiger partial charge in [-0.25, -0.2) is 0 Å². The van der Waals surface area contributed by atoms with Crippen LogP contribution in [-0.4, -0.2) is 4.57 Å². The molecule has 3 aromatic rings. The zero-order valence-corrected chi connectivity index (χ0v) is 16.5. The third kappa shape index (κ3) is 3.87. The Kier molecular flexibility index (Phi) is 5.34. The van der Waals surface area contributed by atoms with Crippen LogP contribution in [0.5, 0.6) is 0 Å². The van der Waals surface area contributed by atoms with Crippen LogP contribution in [-0.2, 0) is 6.54 Å². The first-order valence-corrected chi connectivity index (χ1v) is 9.87. The van der Waals surface area contributed by atoms with E-state index in [1.54, 1.807) is 4.57 Å². The van der Waals surface area contributed by atoms with Gasteiger partial charge in [0.1, 0.15) is 0 Å². The van der Waals surface area contributed by atoms with Crippen LogP contribution in [0.1, 0.15) is 19.8 Å². The zero-order chi connectivity index (χ0) is 20.2. The predicted octanol–water partition coefficient (Wildman–Crippen LogP) is 4.09. The number of nitrogens with zero attached hydrogens (tertiary/aromatic N) is 2. The maximum Gasteiger partial charge on any atom is 0.296 e. The minimum Gasteiger partial charge on any atom is -0.436 e. The molecule has 0 spiro atoms. The lowest BCUT2D eigenvalue weighted by molar-refractivity contribution is 0.469. The van der Waals surface area contributed by atoms with Crippen molar-refractivity contribution in [1.82, 2.24) is 4.57 Å². The minimum absolute atomic E-state index is 0.122. The molecule has 4 nitrogen and oxygen atoms in total.